The minimum Gasteiger partial charge on any atom is -0.342 e. The summed E-state index contributed by atoms with van der Waals surface area (Å²) in [6.45, 7) is 1.78. The van der Waals surface area contributed by atoms with E-state index < -0.39 is 5.41 Å². The second kappa shape index (κ2) is 6.17. The third-order valence-corrected chi connectivity index (χ3v) is 5.16. The molecule has 3 rings (SSSR count). The second-order valence-electron chi connectivity index (χ2n) is 6.50. The quantitative estimate of drug-likeness (QED) is 0.804. The van der Waals surface area contributed by atoms with Crippen LogP contribution in [0.2, 0.25) is 0 Å². The van der Waals surface area contributed by atoms with Crippen molar-refractivity contribution in [1.29, 1.82) is 0 Å². The fourth-order valence-electron chi connectivity index (χ4n) is 3.95. The molecule has 2 aliphatic rings. The molecule has 3 heteroatoms. The summed E-state index contributed by atoms with van der Waals surface area (Å²) in [5, 5.41) is 0. The molecule has 114 valence electrons. The summed E-state index contributed by atoms with van der Waals surface area (Å²) in [6.07, 6.45) is 8.70. The number of rotatable bonds is 2. The number of hydrogen-bond donors (Lipinski definition) is 0. The number of hydrogen-bond acceptors (Lipinski definition) is 1. The molecule has 1 saturated heterocycles. The van der Waals surface area contributed by atoms with Crippen molar-refractivity contribution in [3.63, 3.8) is 0 Å². The molecule has 1 aliphatic carbocycles. The maximum Gasteiger partial charge on any atom is 0.233 e. The summed E-state index contributed by atoms with van der Waals surface area (Å²) in [5.74, 6) is 0.0580. The van der Waals surface area contributed by atoms with E-state index in [2.05, 4.69) is 4.90 Å². The van der Waals surface area contributed by atoms with Gasteiger partial charge in [-0.05, 0) is 43.4 Å². The number of amides is 1. The molecule has 1 aromatic rings. The summed E-state index contributed by atoms with van der Waals surface area (Å²) < 4.78 is 13.2. The highest BCUT2D eigenvalue weighted by molar-refractivity contribution is 5.88. The lowest BCUT2D eigenvalue weighted by Gasteiger charge is -2.34. The number of likely N-dealkylation sites (tertiary alicyclic amines) is 1. The molecular formula is C18H24FNO. The van der Waals surface area contributed by atoms with Crippen LogP contribution in [0.15, 0.2) is 24.3 Å². The van der Waals surface area contributed by atoms with Gasteiger partial charge in [-0.2, -0.15) is 0 Å². The summed E-state index contributed by atoms with van der Waals surface area (Å²) in [4.78, 5) is 15.3. The maximum absolute atomic E-state index is 13.2. The van der Waals surface area contributed by atoms with Crippen molar-refractivity contribution in [2.24, 2.45) is 0 Å². The number of halogens is 1. The lowest BCUT2D eigenvalue weighted by Crippen LogP contribution is -2.45. The molecule has 2 nitrogen and oxygen atoms in total. The van der Waals surface area contributed by atoms with E-state index in [9.17, 15) is 9.18 Å². The van der Waals surface area contributed by atoms with Crippen molar-refractivity contribution in [3.8, 4) is 0 Å². The van der Waals surface area contributed by atoms with Gasteiger partial charge >= 0.3 is 0 Å². The minimum absolute atomic E-state index is 0.228. The zero-order chi connectivity index (χ0) is 14.7. The van der Waals surface area contributed by atoms with Crippen LogP contribution in [0.1, 0.15) is 56.9 Å². The lowest BCUT2D eigenvalue weighted by atomic mass is 9.77. The van der Waals surface area contributed by atoms with Crippen molar-refractivity contribution in [3.05, 3.63) is 35.6 Å². The van der Waals surface area contributed by atoms with Gasteiger partial charge in [0.1, 0.15) is 5.82 Å². The molecule has 1 saturated carbocycles. The molecule has 1 aromatic carbocycles. The van der Waals surface area contributed by atoms with Gasteiger partial charge in [0, 0.05) is 13.1 Å². The van der Waals surface area contributed by atoms with E-state index in [-0.39, 0.29) is 11.7 Å². The van der Waals surface area contributed by atoms with Crippen molar-refractivity contribution < 1.29 is 9.18 Å². The summed E-state index contributed by atoms with van der Waals surface area (Å²) in [7, 11) is 0. The molecule has 0 atom stereocenters. The smallest absolute Gasteiger partial charge is 0.233 e. The second-order valence-corrected chi connectivity index (χ2v) is 6.50. The van der Waals surface area contributed by atoms with Gasteiger partial charge in [0.25, 0.3) is 0 Å². The normalized spacial score (nSPS) is 22.0. The van der Waals surface area contributed by atoms with Crippen LogP contribution in [0.5, 0.6) is 0 Å². The van der Waals surface area contributed by atoms with Crippen molar-refractivity contribution in [1.82, 2.24) is 4.90 Å². The molecule has 0 unspecified atom stereocenters. The Hall–Kier alpha value is -1.38. The van der Waals surface area contributed by atoms with Gasteiger partial charge in [0.05, 0.1) is 5.41 Å². The van der Waals surface area contributed by atoms with E-state index in [1.54, 1.807) is 0 Å². The maximum atomic E-state index is 13.2. The molecule has 1 heterocycles. The average molecular weight is 289 g/mol. The molecule has 0 N–H and O–H groups in total. The van der Waals surface area contributed by atoms with E-state index in [1.165, 1.54) is 25.0 Å². The van der Waals surface area contributed by atoms with Gasteiger partial charge in [0.2, 0.25) is 5.91 Å². The zero-order valence-electron chi connectivity index (χ0n) is 12.6. The highest BCUT2D eigenvalue weighted by atomic mass is 19.1. The van der Waals surface area contributed by atoms with E-state index in [0.29, 0.717) is 0 Å². The van der Waals surface area contributed by atoms with Crippen molar-refractivity contribution in [2.45, 2.75) is 56.8 Å². The van der Waals surface area contributed by atoms with Gasteiger partial charge in [-0.25, -0.2) is 4.39 Å². The highest BCUT2D eigenvalue weighted by Gasteiger charge is 2.44. The third kappa shape index (κ3) is 2.83. The zero-order valence-corrected chi connectivity index (χ0v) is 12.6. The molecule has 0 aromatic heterocycles. The van der Waals surface area contributed by atoms with E-state index >= 15 is 0 Å². The predicted molar refractivity (Wildman–Crippen MR) is 81.6 cm³/mol. The molecule has 0 spiro atoms. The van der Waals surface area contributed by atoms with Crippen LogP contribution in [0, 0.1) is 5.82 Å². The van der Waals surface area contributed by atoms with Gasteiger partial charge < -0.3 is 4.90 Å². The predicted octanol–water partition coefficient (Wildman–Crippen LogP) is 4.04. The summed E-state index contributed by atoms with van der Waals surface area (Å²) in [5.41, 5.74) is 0.619. The highest BCUT2D eigenvalue weighted by Crippen LogP contribution is 2.43. The number of carbonyl (C=O) groups is 1. The Balaban J connectivity index is 1.89. The molecule has 1 aliphatic heterocycles. The fraction of sp³-hybridized carbons (Fsp3) is 0.611. The van der Waals surface area contributed by atoms with E-state index in [1.807, 2.05) is 12.1 Å². The third-order valence-electron chi connectivity index (χ3n) is 5.16. The molecule has 21 heavy (non-hydrogen) atoms. The largest absolute Gasteiger partial charge is 0.342 e. The Morgan fingerprint density at radius 2 is 1.48 bits per heavy atom. The molecule has 1 amide bonds. The van der Waals surface area contributed by atoms with E-state index in [4.69, 9.17) is 0 Å². The van der Waals surface area contributed by atoms with Gasteiger partial charge in [-0.15, -0.1) is 0 Å². The Morgan fingerprint density at radius 3 is 2.05 bits per heavy atom. The SMILES string of the molecule is O=C(N1CCCCCC1)C1(c2ccc(F)cc2)CCCC1. The lowest BCUT2D eigenvalue weighted by molar-refractivity contribution is -0.137. The minimum atomic E-state index is -0.391. The van der Waals surface area contributed by atoms with E-state index in [0.717, 1.165) is 57.2 Å². The first-order chi connectivity index (χ1) is 10.2. The first-order valence-corrected chi connectivity index (χ1v) is 8.28. The average Bonchev–Trinajstić information content (AvgIpc) is 2.84. The standard InChI is InChI=1S/C18H24FNO/c19-16-9-7-15(8-10-16)18(11-3-4-12-18)17(21)20-13-5-1-2-6-14-20/h7-10H,1-6,11-14H2. The van der Waals surface area contributed by atoms with Crippen LogP contribution < -0.4 is 0 Å². The summed E-state index contributed by atoms with van der Waals surface area (Å²) in [6, 6.07) is 6.61. The Bertz CT molecular complexity index is 482. The van der Waals surface area contributed by atoms with Crippen LogP contribution in [0.3, 0.4) is 0 Å². The summed E-state index contributed by atoms with van der Waals surface area (Å²) >= 11 is 0. The topological polar surface area (TPSA) is 20.3 Å². The number of benzene rings is 1. The Kier molecular flexibility index (Phi) is 4.27. The van der Waals surface area contributed by atoms with Crippen LogP contribution in [-0.2, 0) is 10.2 Å². The van der Waals surface area contributed by atoms with Crippen LogP contribution in [-0.4, -0.2) is 23.9 Å². The van der Waals surface area contributed by atoms with Crippen molar-refractivity contribution in [2.75, 3.05) is 13.1 Å². The van der Waals surface area contributed by atoms with Crippen LogP contribution in [0.25, 0.3) is 0 Å². The number of carbonyl (C=O) groups excluding carboxylic acids is 1. The Labute approximate surface area is 126 Å². The van der Waals surface area contributed by atoms with Crippen LogP contribution >= 0.6 is 0 Å². The molecule has 2 fully saturated rings. The molecule has 0 bridgehead atoms. The van der Waals surface area contributed by atoms with Gasteiger partial charge in [0.15, 0.2) is 0 Å². The number of nitrogens with zero attached hydrogens (tertiary/aromatic N) is 1. The molecular weight excluding hydrogens is 265 g/mol. The first-order valence-electron chi connectivity index (χ1n) is 8.28. The molecule has 0 radical (unpaired) electrons. The van der Waals surface area contributed by atoms with Crippen LogP contribution in [0.4, 0.5) is 4.39 Å². The fourth-order valence-corrected chi connectivity index (χ4v) is 3.95. The van der Waals surface area contributed by atoms with Gasteiger partial charge in [-0.3, -0.25) is 4.79 Å². The van der Waals surface area contributed by atoms with Gasteiger partial charge in [-0.1, -0.05) is 37.8 Å². The van der Waals surface area contributed by atoms with Crippen molar-refractivity contribution >= 4 is 5.91 Å². The first kappa shape index (κ1) is 14.6. The Morgan fingerprint density at radius 1 is 0.905 bits per heavy atom. The monoisotopic (exact) mass is 289 g/mol.